The molecule has 0 aliphatic rings. The lowest BCUT2D eigenvalue weighted by Gasteiger charge is -2.14. The van der Waals surface area contributed by atoms with Crippen LogP contribution in [0.25, 0.3) is 38.8 Å². The van der Waals surface area contributed by atoms with Gasteiger partial charge in [0.25, 0.3) is 0 Å². The van der Waals surface area contributed by atoms with Crippen LogP contribution < -0.4 is 9.47 Å². The molecule has 3 aromatic carbocycles. The molecule has 0 aliphatic carbocycles. The maximum absolute atomic E-state index is 5.85. The van der Waals surface area contributed by atoms with E-state index < -0.39 is 0 Å². The van der Waals surface area contributed by atoms with Crippen LogP contribution in [0.5, 0.6) is 11.5 Å². The first-order chi connectivity index (χ1) is 15.5. The molecule has 32 heavy (non-hydrogen) atoms. The molecule has 0 N–H and O–H groups in total. The predicted molar refractivity (Wildman–Crippen MR) is 129 cm³/mol. The van der Waals surface area contributed by atoms with Crippen molar-refractivity contribution in [1.82, 2.24) is 14.5 Å². The van der Waals surface area contributed by atoms with E-state index in [4.69, 9.17) is 19.4 Å². The standard InChI is InChI=1S/C27H25N3O2/c1-16-10-17(2)12-19(11-16)22-13-24-23(14-26(22)32-5)27-25(15-28-24)29-18(3)30(27)20-6-8-21(31-4)9-7-20/h6-15H,1-5H3. The molecule has 5 rings (SSSR count). The molecule has 0 aliphatic heterocycles. The molecule has 0 saturated carbocycles. The topological polar surface area (TPSA) is 49.2 Å². The number of aryl methyl sites for hydroxylation is 3. The summed E-state index contributed by atoms with van der Waals surface area (Å²) in [5.41, 5.74) is 8.40. The van der Waals surface area contributed by atoms with Gasteiger partial charge in [0.2, 0.25) is 0 Å². The van der Waals surface area contributed by atoms with Crippen LogP contribution in [-0.2, 0) is 0 Å². The van der Waals surface area contributed by atoms with Gasteiger partial charge in [-0.25, -0.2) is 4.98 Å². The van der Waals surface area contributed by atoms with Crippen LogP contribution in [0.2, 0.25) is 0 Å². The molecule has 5 aromatic rings. The highest BCUT2D eigenvalue weighted by atomic mass is 16.5. The second-order valence-corrected chi connectivity index (χ2v) is 8.13. The molecule has 0 bridgehead atoms. The summed E-state index contributed by atoms with van der Waals surface area (Å²) in [4.78, 5) is 9.51. The Labute approximate surface area is 187 Å². The Morgan fingerprint density at radius 1 is 0.781 bits per heavy atom. The third kappa shape index (κ3) is 3.26. The first-order valence-corrected chi connectivity index (χ1v) is 10.6. The molecule has 2 heterocycles. The molecule has 5 heteroatoms. The third-order valence-electron chi connectivity index (χ3n) is 5.83. The van der Waals surface area contributed by atoms with Crippen LogP contribution in [0, 0.1) is 20.8 Å². The largest absolute Gasteiger partial charge is 0.497 e. The van der Waals surface area contributed by atoms with Gasteiger partial charge in [-0.15, -0.1) is 0 Å². The van der Waals surface area contributed by atoms with Gasteiger partial charge in [-0.1, -0.05) is 29.3 Å². The van der Waals surface area contributed by atoms with Gasteiger partial charge < -0.3 is 9.47 Å². The molecular weight excluding hydrogens is 398 g/mol. The first kappa shape index (κ1) is 20.1. The summed E-state index contributed by atoms with van der Waals surface area (Å²) in [6, 6.07) is 18.7. The zero-order valence-corrected chi connectivity index (χ0v) is 18.9. The lowest BCUT2D eigenvalue weighted by atomic mass is 9.98. The normalized spacial score (nSPS) is 11.3. The number of aromatic nitrogens is 3. The van der Waals surface area contributed by atoms with Crippen molar-refractivity contribution in [3.8, 4) is 28.3 Å². The Morgan fingerprint density at radius 3 is 2.16 bits per heavy atom. The molecule has 160 valence electrons. The minimum absolute atomic E-state index is 0.817. The number of hydrogen-bond donors (Lipinski definition) is 0. The van der Waals surface area contributed by atoms with E-state index in [1.807, 2.05) is 37.4 Å². The summed E-state index contributed by atoms with van der Waals surface area (Å²) in [5, 5.41) is 1.00. The molecule has 0 fully saturated rings. The van der Waals surface area contributed by atoms with E-state index >= 15 is 0 Å². The molecule has 0 atom stereocenters. The SMILES string of the molecule is COc1ccc(-n2c(C)nc3cnc4cc(-c5cc(C)cc(C)c5)c(OC)cc4c32)cc1. The van der Waals surface area contributed by atoms with Gasteiger partial charge in [0, 0.05) is 16.6 Å². The Bertz CT molecular complexity index is 1450. The van der Waals surface area contributed by atoms with Crippen LogP contribution in [0.1, 0.15) is 17.0 Å². The zero-order valence-electron chi connectivity index (χ0n) is 18.9. The van der Waals surface area contributed by atoms with Gasteiger partial charge in [0.05, 0.1) is 31.4 Å². The highest BCUT2D eigenvalue weighted by Gasteiger charge is 2.17. The number of benzene rings is 3. The summed E-state index contributed by atoms with van der Waals surface area (Å²) in [6.07, 6.45) is 1.85. The molecule has 5 nitrogen and oxygen atoms in total. The van der Waals surface area contributed by atoms with Gasteiger partial charge in [0.15, 0.2) is 0 Å². The monoisotopic (exact) mass is 423 g/mol. The van der Waals surface area contributed by atoms with Crippen LogP contribution in [0.4, 0.5) is 0 Å². The number of pyridine rings is 1. The number of fused-ring (bicyclic) bond motifs is 3. The van der Waals surface area contributed by atoms with Crippen molar-refractivity contribution in [2.24, 2.45) is 0 Å². The van der Waals surface area contributed by atoms with Gasteiger partial charge >= 0.3 is 0 Å². The van der Waals surface area contributed by atoms with E-state index in [0.717, 1.165) is 56.1 Å². The highest BCUT2D eigenvalue weighted by molar-refractivity contribution is 6.05. The van der Waals surface area contributed by atoms with Crippen molar-refractivity contribution < 1.29 is 9.47 Å². The smallest absolute Gasteiger partial charge is 0.127 e. The predicted octanol–water partition coefficient (Wildman–Crippen LogP) is 6.18. The molecule has 0 radical (unpaired) electrons. The summed E-state index contributed by atoms with van der Waals surface area (Å²) >= 11 is 0. The van der Waals surface area contributed by atoms with Gasteiger partial charge in [-0.3, -0.25) is 9.55 Å². The Kier molecular flexibility index (Phi) is 4.82. The Balaban J connectivity index is 1.79. The van der Waals surface area contributed by atoms with E-state index in [-0.39, 0.29) is 0 Å². The van der Waals surface area contributed by atoms with Crippen molar-refractivity contribution in [3.63, 3.8) is 0 Å². The van der Waals surface area contributed by atoms with Crippen molar-refractivity contribution >= 4 is 21.9 Å². The number of hydrogen-bond acceptors (Lipinski definition) is 4. The maximum atomic E-state index is 5.85. The van der Waals surface area contributed by atoms with Gasteiger partial charge in [-0.05, 0) is 62.7 Å². The number of methoxy groups -OCH3 is 2. The quantitative estimate of drug-likeness (QED) is 0.346. The number of nitrogens with zero attached hydrogens (tertiary/aromatic N) is 3. The number of ether oxygens (including phenoxy) is 2. The summed E-state index contributed by atoms with van der Waals surface area (Å²) in [5.74, 6) is 2.54. The summed E-state index contributed by atoms with van der Waals surface area (Å²) < 4.78 is 13.3. The molecule has 2 aromatic heterocycles. The second kappa shape index (κ2) is 7.68. The molecule has 0 amide bonds. The Morgan fingerprint density at radius 2 is 1.50 bits per heavy atom. The van der Waals surface area contributed by atoms with E-state index in [0.29, 0.717) is 0 Å². The van der Waals surface area contributed by atoms with Crippen molar-refractivity contribution in [2.75, 3.05) is 14.2 Å². The van der Waals surface area contributed by atoms with Gasteiger partial charge in [-0.2, -0.15) is 0 Å². The number of imidazole rings is 1. The van der Waals surface area contributed by atoms with Crippen LogP contribution in [0.15, 0.2) is 60.8 Å². The first-order valence-electron chi connectivity index (χ1n) is 10.6. The second-order valence-electron chi connectivity index (χ2n) is 8.13. The lowest BCUT2D eigenvalue weighted by Crippen LogP contribution is -1.98. The van der Waals surface area contributed by atoms with E-state index in [9.17, 15) is 0 Å². The Hall–Kier alpha value is -3.86. The minimum Gasteiger partial charge on any atom is -0.497 e. The van der Waals surface area contributed by atoms with E-state index in [2.05, 4.69) is 48.7 Å². The maximum Gasteiger partial charge on any atom is 0.127 e. The minimum atomic E-state index is 0.817. The molecule has 0 saturated heterocycles. The van der Waals surface area contributed by atoms with E-state index in [1.54, 1.807) is 14.2 Å². The van der Waals surface area contributed by atoms with Crippen molar-refractivity contribution in [2.45, 2.75) is 20.8 Å². The zero-order chi connectivity index (χ0) is 22.4. The molecule has 0 unspecified atom stereocenters. The average Bonchev–Trinajstić information content (AvgIpc) is 3.13. The highest BCUT2D eigenvalue weighted by Crippen LogP contribution is 2.37. The molecule has 0 spiro atoms. The van der Waals surface area contributed by atoms with Crippen LogP contribution in [-0.4, -0.2) is 28.8 Å². The summed E-state index contributed by atoms with van der Waals surface area (Å²) in [6.45, 7) is 6.24. The fourth-order valence-electron chi connectivity index (χ4n) is 4.47. The van der Waals surface area contributed by atoms with Crippen molar-refractivity contribution in [3.05, 3.63) is 77.7 Å². The van der Waals surface area contributed by atoms with Gasteiger partial charge in [0.1, 0.15) is 22.8 Å². The number of rotatable bonds is 4. The van der Waals surface area contributed by atoms with Crippen LogP contribution >= 0.6 is 0 Å². The van der Waals surface area contributed by atoms with Crippen molar-refractivity contribution in [1.29, 1.82) is 0 Å². The van der Waals surface area contributed by atoms with E-state index in [1.165, 1.54) is 11.1 Å². The fourth-order valence-corrected chi connectivity index (χ4v) is 4.47. The summed E-state index contributed by atoms with van der Waals surface area (Å²) in [7, 11) is 3.39. The lowest BCUT2D eigenvalue weighted by molar-refractivity contribution is 0.414. The average molecular weight is 424 g/mol. The molecular formula is C27H25N3O2. The third-order valence-corrected chi connectivity index (χ3v) is 5.83. The fraction of sp³-hybridized carbons (Fsp3) is 0.185. The van der Waals surface area contributed by atoms with Crippen LogP contribution in [0.3, 0.4) is 0 Å².